The van der Waals surface area contributed by atoms with Gasteiger partial charge in [0, 0.05) is 44.6 Å². The van der Waals surface area contributed by atoms with Crippen LogP contribution in [0.25, 0.3) is 0 Å². The first-order chi connectivity index (χ1) is 19.6. The first-order valence-electron chi connectivity index (χ1n) is 14.0. The lowest BCUT2D eigenvalue weighted by atomic mass is 9.88. The van der Waals surface area contributed by atoms with E-state index >= 15 is 0 Å². The van der Waals surface area contributed by atoms with Gasteiger partial charge >= 0.3 is 26.7 Å². The number of carbonyl (C=O) groups is 3. The van der Waals surface area contributed by atoms with Crippen molar-refractivity contribution in [1.82, 2.24) is 0 Å². The molecule has 0 radical (unpaired) electrons. The van der Waals surface area contributed by atoms with Crippen LogP contribution in [-0.2, 0) is 46.6 Å². The van der Waals surface area contributed by atoms with Crippen LogP contribution >= 0.6 is 36.2 Å². The Kier molecular flexibility index (Phi) is 23.6. The Hall–Kier alpha value is -0.483. The van der Waals surface area contributed by atoms with E-state index in [0.29, 0.717) is 42.8 Å². The quantitative estimate of drug-likeness (QED) is 0.0463. The van der Waals surface area contributed by atoms with Crippen LogP contribution in [0.5, 0.6) is 0 Å². The molecule has 0 aliphatic heterocycles. The van der Waals surface area contributed by atoms with E-state index in [9.17, 15) is 14.4 Å². The van der Waals surface area contributed by atoms with Crippen molar-refractivity contribution >= 4 is 62.9 Å². The third kappa shape index (κ3) is 18.0. The summed E-state index contributed by atoms with van der Waals surface area (Å²) in [5, 5.41) is 0. The van der Waals surface area contributed by atoms with Crippen LogP contribution in [0.2, 0.25) is 6.04 Å². The van der Waals surface area contributed by atoms with Gasteiger partial charge in [0.1, 0.15) is 13.2 Å². The zero-order valence-electron chi connectivity index (χ0n) is 25.9. The number of hydrogen-bond acceptors (Lipinski definition) is 13. The molecule has 0 aromatic rings. The Bertz CT molecular complexity index is 721. The molecule has 0 aromatic carbocycles. The average Bonchev–Trinajstić information content (AvgIpc) is 2.98. The summed E-state index contributed by atoms with van der Waals surface area (Å²) >= 11 is 7.34. The first kappa shape index (κ1) is 40.5. The van der Waals surface area contributed by atoms with Gasteiger partial charge in [0.25, 0.3) is 0 Å². The summed E-state index contributed by atoms with van der Waals surface area (Å²) in [6.07, 6.45) is 4.61. The predicted molar refractivity (Wildman–Crippen MR) is 170 cm³/mol. The molecule has 0 spiro atoms. The zero-order chi connectivity index (χ0) is 31.2. The molecule has 0 rings (SSSR count). The Morgan fingerprint density at radius 2 is 1.51 bits per heavy atom. The third-order valence-electron chi connectivity index (χ3n) is 6.57. The highest BCUT2D eigenvalue weighted by Gasteiger charge is 2.37. The van der Waals surface area contributed by atoms with E-state index in [4.69, 9.17) is 32.2 Å². The van der Waals surface area contributed by atoms with Crippen molar-refractivity contribution in [3.05, 3.63) is 0 Å². The Balaban J connectivity index is 4.59. The van der Waals surface area contributed by atoms with Crippen molar-refractivity contribution in [2.45, 2.75) is 65.0 Å². The van der Waals surface area contributed by atoms with Gasteiger partial charge in [-0.2, -0.15) is 36.2 Å². The molecule has 0 N–H and O–H groups in total. The van der Waals surface area contributed by atoms with Crippen molar-refractivity contribution in [2.75, 3.05) is 77.0 Å². The highest BCUT2D eigenvalue weighted by molar-refractivity contribution is 7.99. The van der Waals surface area contributed by atoms with Crippen LogP contribution in [-0.4, -0.2) is 110 Å². The Morgan fingerprint density at radius 3 is 2.05 bits per heavy atom. The molecule has 0 heterocycles. The summed E-state index contributed by atoms with van der Waals surface area (Å²) in [5.41, 5.74) is -0.626. The lowest BCUT2D eigenvalue weighted by molar-refractivity contribution is -0.158. The minimum absolute atomic E-state index is 0.0405. The molecule has 0 saturated heterocycles. The molecule has 3 atom stereocenters. The summed E-state index contributed by atoms with van der Waals surface area (Å²) < 4.78 is 38.6. The molecule has 242 valence electrons. The molecule has 0 aromatic heterocycles. The summed E-state index contributed by atoms with van der Waals surface area (Å²) in [4.78, 5) is 36.8. The number of ether oxygens (including phenoxy) is 4. The lowest BCUT2D eigenvalue weighted by Crippen LogP contribution is -2.42. The van der Waals surface area contributed by atoms with Gasteiger partial charge in [-0.1, -0.05) is 13.8 Å². The molecule has 14 heteroatoms. The van der Waals surface area contributed by atoms with Gasteiger partial charge in [-0.15, -0.1) is 0 Å². The van der Waals surface area contributed by atoms with Crippen LogP contribution in [0, 0.1) is 11.3 Å². The van der Waals surface area contributed by atoms with Crippen molar-refractivity contribution in [1.29, 1.82) is 0 Å². The molecule has 0 amide bonds. The van der Waals surface area contributed by atoms with E-state index in [0.717, 1.165) is 12.2 Å². The zero-order valence-corrected chi connectivity index (χ0v) is 29.4. The minimum atomic E-state index is -2.68. The van der Waals surface area contributed by atoms with Gasteiger partial charge in [-0.05, 0) is 38.2 Å². The number of hydrogen-bond donors (Lipinski definition) is 1. The second-order valence-corrected chi connectivity index (χ2v) is 15.5. The van der Waals surface area contributed by atoms with E-state index in [2.05, 4.69) is 18.9 Å². The van der Waals surface area contributed by atoms with Gasteiger partial charge in [0.05, 0.1) is 43.5 Å². The van der Waals surface area contributed by atoms with Crippen LogP contribution in [0.3, 0.4) is 0 Å². The molecule has 41 heavy (non-hydrogen) atoms. The second kappa shape index (κ2) is 23.9. The normalized spacial score (nSPS) is 14.6. The standard InChI is InChI=1S/C27H52O10S3Si/c1-8-27(20-36-24(28)10-14-38,19-35-23(3)11-15-39-7)21-37-25(29)12-16-40-18-22(2)26(30)34-13-9-17-41(31-4,32-5)33-6/h22-23,38H,8-21H2,1-7H3. The molecule has 3 unspecified atom stereocenters. The maximum Gasteiger partial charge on any atom is 0.500 e. The number of thioether (sulfide) groups is 2. The smallest absolute Gasteiger partial charge is 0.465 e. The molecule has 10 nitrogen and oxygen atoms in total. The minimum Gasteiger partial charge on any atom is -0.465 e. The van der Waals surface area contributed by atoms with Gasteiger partial charge in [-0.3, -0.25) is 14.4 Å². The lowest BCUT2D eigenvalue weighted by Gasteiger charge is -2.32. The number of esters is 3. The maximum absolute atomic E-state index is 12.5. The summed E-state index contributed by atoms with van der Waals surface area (Å²) in [6.45, 7) is 6.57. The highest BCUT2D eigenvalue weighted by atomic mass is 32.2. The number of thiol groups is 1. The van der Waals surface area contributed by atoms with E-state index in [1.807, 2.05) is 13.8 Å². The van der Waals surface area contributed by atoms with Gasteiger partial charge in [0.2, 0.25) is 0 Å². The van der Waals surface area contributed by atoms with Gasteiger partial charge < -0.3 is 32.2 Å². The van der Waals surface area contributed by atoms with E-state index in [1.54, 1.807) is 40.0 Å². The van der Waals surface area contributed by atoms with E-state index in [-0.39, 0.29) is 62.6 Å². The second-order valence-electron chi connectivity index (χ2n) is 9.84. The number of rotatable bonds is 26. The van der Waals surface area contributed by atoms with Gasteiger partial charge in [0.15, 0.2) is 0 Å². The molecule has 0 saturated carbocycles. The molecular formula is C27H52O10S3Si. The molecule has 0 aliphatic rings. The Morgan fingerprint density at radius 1 is 0.902 bits per heavy atom. The number of carbonyl (C=O) groups excluding carboxylic acids is 3. The fourth-order valence-corrected chi connectivity index (χ4v) is 6.87. The molecule has 0 bridgehead atoms. The topological polar surface area (TPSA) is 116 Å². The van der Waals surface area contributed by atoms with Crippen molar-refractivity contribution in [2.24, 2.45) is 11.3 Å². The Labute approximate surface area is 262 Å². The fourth-order valence-electron chi connectivity index (χ4n) is 3.46. The highest BCUT2D eigenvalue weighted by Crippen LogP contribution is 2.26. The van der Waals surface area contributed by atoms with Crippen LogP contribution in [0.1, 0.15) is 52.9 Å². The van der Waals surface area contributed by atoms with E-state index in [1.165, 1.54) is 11.8 Å². The van der Waals surface area contributed by atoms with E-state index < -0.39 is 14.2 Å². The SMILES string of the molecule is CCC(COC(=O)CCS)(COC(=O)CCSCC(C)C(=O)OCCC[Si](OC)(OC)OC)COC(C)CCSC. The summed E-state index contributed by atoms with van der Waals surface area (Å²) in [6, 6.07) is 0.551. The first-order valence-corrected chi connectivity index (χ1v) is 19.1. The monoisotopic (exact) mass is 660 g/mol. The average molecular weight is 661 g/mol. The fraction of sp³-hybridized carbons (Fsp3) is 0.889. The van der Waals surface area contributed by atoms with Crippen LogP contribution < -0.4 is 0 Å². The van der Waals surface area contributed by atoms with Crippen LogP contribution in [0.15, 0.2) is 0 Å². The van der Waals surface area contributed by atoms with Gasteiger partial charge in [-0.25, -0.2) is 0 Å². The predicted octanol–water partition coefficient (Wildman–Crippen LogP) is 4.52. The summed E-state index contributed by atoms with van der Waals surface area (Å²) in [7, 11) is 1.97. The van der Waals surface area contributed by atoms with Crippen molar-refractivity contribution in [3.8, 4) is 0 Å². The van der Waals surface area contributed by atoms with Crippen LogP contribution in [0.4, 0.5) is 0 Å². The largest absolute Gasteiger partial charge is 0.500 e. The summed E-state index contributed by atoms with van der Waals surface area (Å²) in [5.74, 6) is 1.16. The molecular weight excluding hydrogens is 609 g/mol. The third-order valence-corrected chi connectivity index (χ3v) is 11.5. The van der Waals surface area contributed by atoms with Crippen molar-refractivity contribution in [3.63, 3.8) is 0 Å². The van der Waals surface area contributed by atoms with Crippen molar-refractivity contribution < 1.29 is 46.6 Å². The molecule has 0 aliphatic carbocycles. The molecule has 0 fully saturated rings. The maximum atomic E-state index is 12.5.